The lowest BCUT2D eigenvalue weighted by Gasteiger charge is -2.24. The summed E-state index contributed by atoms with van der Waals surface area (Å²) in [6.07, 6.45) is 1.54. The van der Waals surface area contributed by atoms with Crippen LogP contribution >= 0.6 is 15.9 Å². The van der Waals surface area contributed by atoms with E-state index in [0.717, 1.165) is 6.42 Å². The molecule has 1 rings (SSSR count). The number of rotatable bonds is 8. The average molecular weight is 362 g/mol. The van der Waals surface area contributed by atoms with Crippen molar-refractivity contribution >= 4 is 21.8 Å². The number of carbonyl (C=O) groups is 1. The highest BCUT2D eigenvalue weighted by Crippen LogP contribution is 2.25. The summed E-state index contributed by atoms with van der Waals surface area (Å²) in [5.74, 6) is -0.182. The normalized spacial score (nSPS) is 11.3. The molecular weight excluding hydrogens is 341 g/mol. The molecular formula is C15H21BrFNO3. The van der Waals surface area contributed by atoms with Crippen LogP contribution in [-0.4, -0.2) is 30.8 Å². The van der Waals surface area contributed by atoms with Crippen molar-refractivity contribution in [3.05, 3.63) is 28.5 Å². The largest absolute Gasteiger partial charge is 0.483 e. The van der Waals surface area contributed by atoms with Crippen LogP contribution in [0.15, 0.2) is 22.7 Å². The lowest BCUT2D eigenvalue weighted by molar-refractivity contribution is -0.123. The minimum atomic E-state index is -0.371. The standard InChI is InChI=1S/C15H21BrFNO3/c1-15(2,6-3-7-19)10-18-14(20)9-21-13-5-4-11(17)8-12(13)16/h4-5,8,19H,3,6-7,9-10H2,1-2H3,(H,18,20). The molecule has 0 heterocycles. The predicted octanol–water partition coefficient (Wildman–Crippen LogP) is 2.88. The molecule has 118 valence electrons. The van der Waals surface area contributed by atoms with E-state index in [-0.39, 0.29) is 30.4 Å². The second-order valence-electron chi connectivity index (χ2n) is 5.63. The molecule has 0 unspecified atom stereocenters. The van der Waals surface area contributed by atoms with Gasteiger partial charge < -0.3 is 15.2 Å². The van der Waals surface area contributed by atoms with Gasteiger partial charge >= 0.3 is 0 Å². The molecule has 1 aromatic carbocycles. The topological polar surface area (TPSA) is 58.6 Å². The number of nitrogens with one attached hydrogen (secondary N) is 1. The lowest BCUT2D eigenvalue weighted by Crippen LogP contribution is -2.36. The SMILES string of the molecule is CC(C)(CCCO)CNC(=O)COc1ccc(F)cc1Br. The molecule has 4 nitrogen and oxygen atoms in total. The molecule has 6 heteroatoms. The van der Waals surface area contributed by atoms with E-state index in [4.69, 9.17) is 9.84 Å². The highest BCUT2D eigenvalue weighted by Gasteiger charge is 2.18. The molecule has 1 aromatic rings. The fraction of sp³-hybridized carbons (Fsp3) is 0.533. The second-order valence-corrected chi connectivity index (χ2v) is 6.49. The number of ether oxygens (including phenoxy) is 1. The van der Waals surface area contributed by atoms with E-state index < -0.39 is 0 Å². The minimum absolute atomic E-state index is 0.0746. The third kappa shape index (κ3) is 6.91. The van der Waals surface area contributed by atoms with Crippen LogP contribution in [0.25, 0.3) is 0 Å². The maximum Gasteiger partial charge on any atom is 0.257 e. The Bertz CT molecular complexity index is 480. The van der Waals surface area contributed by atoms with Crippen LogP contribution in [0.1, 0.15) is 26.7 Å². The van der Waals surface area contributed by atoms with E-state index in [1.807, 2.05) is 13.8 Å². The summed E-state index contributed by atoms with van der Waals surface area (Å²) in [6.45, 7) is 4.60. The first kappa shape index (κ1) is 17.9. The average Bonchev–Trinajstić information content (AvgIpc) is 2.42. The van der Waals surface area contributed by atoms with E-state index in [1.54, 1.807) is 0 Å². The fourth-order valence-electron chi connectivity index (χ4n) is 1.77. The van der Waals surface area contributed by atoms with Crippen LogP contribution in [0.2, 0.25) is 0 Å². The zero-order valence-electron chi connectivity index (χ0n) is 12.3. The quantitative estimate of drug-likeness (QED) is 0.748. The predicted molar refractivity (Wildman–Crippen MR) is 82.7 cm³/mol. The summed E-state index contributed by atoms with van der Waals surface area (Å²) in [5, 5.41) is 11.6. The van der Waals surface area contributed by atoms with Crippen molar-refractivity contribution in [2.45, 2.75) is 26.7 Å². The van der Waals surface area contributed by atoms with Crippen LogP contribution in [0.3, 0.4) is 0 Å². The molecule has 0 fully saturated rings. The lowest BCUT2D eigenvalue weighted by atomic mass is 9.88. The van der Waals surface area contributed by atoms with Gasteiger partial charge in [0.25, 0.3) is 5.91 Å². The zero-order valence-corrected chi connectivity index (χ0v) is 13.9. The number of aliphatic hydroxyl groups is 1. The molecule has 2 N–H and O–H groups in total. The summed E-state index contributed by atoms with van der Waals surface area (Å²) in [7, 11) is 0. The highest BCUT2D eigenvalue weighted by molar-refractivity contribution is 9.10. The zero-order chi connectivity index (χ0) is 15.9. The number of hydrogen-bond donors (Lipinski definition) is 2. The van der Waals surface area contributed by atoms with E-state index in [0.29, 0.717) is 23.2 Å². The smallest absolute Gasteiger partial charge is 0.257 e. The highest BCUT2D eigenvalue weighted by atomic mass is 79.9. The van der Waals surface area contributed by atoms with Crippen molar-refractivity contribution in [2.75, 3.05) is 19.8 Å². The molecule has 0 aromatic heterocycles. The van der Waals surface area contributed by atoms with Crippen LogP contribution in [0.5, 0.6) is 5.75 Å². The summed E-state index contributed by atoms with van der Waals surface area (Å²) in [6, 6.07) is 4.03. The van der Waals surface area contributed by atoms with Gasteiger partial charge in [-0.3, -0.25) is 4.79 Å². The van der Waals surface area contributed by atoms with Gasteiger partial charge in [-0.15, -0.1) is 0 Å². The van der Waals surface area contributed by atoms with Crippen LogP contribution in [-0.2, 0) is 4.79 Å². The molecule has 0 saturated heterocycles. The molecule has 0 radical (unpaired) electrons. The Balaban J connectivity index is 2.37. The number of carbonyl (C=O) groups excluding carboxylic acids is 1. The number of halogens is 2. The molecule has 0 aliphatic rings. The maximum atomic E-state index is 12.9. The molecule has 0 bridgehead atoms. The Morgan fingerprint density at radius 3 is 2.81 bits per heavy atom. The Labute approximate surface area is 132 Å². The molecule has 0 atom stereocenters. The second kappa shape index (κ2) is 8.34. The van der Waals surface area contributed by atoms with Gasteiger partial charge in [-0.05, 0) is 52.4 Å². The van der Waals surface area contributed by atoms with Gasteiger partial charge in [-0.1, -0.05) is 13.8 Å². The van der Waals surface area contributed by atoms with Crippen molar-refractivity contribution in [1.82, 2.24) is 5.32 Å². The van der Waals surface area contributed by atoms with Gasteiger partial charge in [0.05, 0.1) is 4.47 Å². The molecule has 0 aliphatic carbocycles. The first-order valence-corrected chi connectivity index (χ1v) is 7.59. The van der Waals surface area contributed by atoms with Crippen LogP contribution < -0.4 is 10.1 Å². The first-order chi connectivity index (χ1) is 9.84. The number of aliphatic hydroxyl groups excluding tert-OH is 1. The van der Waals surface area contributed by atoms with Crippen molar-refractivity contribution in [3.63, 3.8) is 0 Å². The van der Waals surface area contributed by atoms with Gasteiger partial charge in [0.2, 0.25) is 0 Å². The Kier molecular flexibility index (Phi) is 7.11. The van der Waals surface area contributed by atoms with Gasteiger partial charge in [-0.2, -0.15) is 0 Å². The minimum Gasteiger partial charge on any atom is -0.483 e. The molecule has 1 amide bonds. The van der Waals surface area contributed by atoms with Gasteiger partial charge in [0.15, 0.2) is 6.61 Å². The molecule has 0 spiro atoms. The Morgan fingerprint density at radius 1 is 1.48 bits per heavy atom. The summed E-state index contributed by atoms with van der Waals surface area (Å²) < 4.78 is 18.7. The van der Waals surface area contributed by atoms with Crippen molar-refractivity contribution in [3.8, 4) is 5.75 Å². The van der Waals surface area contributed by atoms with E-state index >= 15 is 0 Å². The van der Waals surface area contributed by atoms with E-state index in [1.165, 1.54) is 18.2 Å². The number of hydrogen-bond acceptors (Lipinski definition) is 3. The Hall–Kier alpha value is -1.14. The molecule has 0 saturated carbocycles. The third-order valence-electron chi connectivity index (χ3n) is 3.03. The third-order valence-corrected chi connectivity index (χ3v) is 3.65. The monoisotopic (exact) mass is 361 g/mol. The van der Waals surface area contributed by atoms with E-state index in [9.17, 15) is 9.18 Å². The fourth-order valence-corrected chi connectivity index (χ4v) is 2.24. The van der Waals surface area contributed by atoms with Gasteiger partial charge in [0.1, 0.15) is 11.6 Å². The Morgan fingerprint density at radius 2 is 2.19 bits per heavy atom. The molecule has 0 aliphatic heterocycles. The van der Waals surface area contributed by atoms with Crippen molar-refractivity contribution in [2.24, 2.45) is 5.41 Å². The maximum absolute atomic E-state index is 12.9. The summed E-state index contributed by atoms with van der Waals surface area (Å²) in [4.78, 5) is 11.7. The summed E-state index contributed by atoms with van der Waals surface area (Å²) >= 11 is 3.18. The van der Waals surface area contributed by atoms with E-state index in [2.05, 4.69) is 21.2 Å². The van der Waals surface area contributed by atoms with Crippen molar-refractivity contribution < 1.29 is 19.0 Å². The molecule has 21 heavy (non-hydrogen) atoms. The van der Waals surface area contributed by atoms with Gasteiger partial charge in [0, 0.05) is 13.2 Å². The number of amides is 1. The van der Waals surface area contributed by atoms with Crippen LogP contribution in [0, 0.1) is 11.2 Å². The number of benzene rings is 1. The van der Waals surface area contributed by atoms with Crippen LogP contribution in [0.4, 0.5) is 4.39 Å². The summed E-state index contributed by atoms with van der Waals surface area (Å²) in [5.41, 5.74) is -0.0746. The van der Waals surface area contributed by atoms with Crippen molar-refractivity contribution in [1.29, 1.82) is 0 Å². The first-order valence-electron chi connectivity index (χ1n) is 6.79. The van der Waals surface area contributed by atoms with Gasteiger partial charge in [-0.25, -0.2) is 4.39 Å².